The second-order valence-electron chi connectivity index (χ2n) is 8.54. The highest BCUT2D eigenvalue weighted by Gasteiger charge is 2.23. The largest absolute Gasteiger partial charge is 0.460 e. The van der Waals surface area contributed by atoms with Crippen LogP contribution < -0.4 is 0 Å². The molecule has 4 heteroatoms. The number of benzene rings is 2. The predicted molar refractivity (Wildman–Crippen MR) is 136 cm³/mol. The van der Waals surface area contributed by atoms with Gasteiger partial charge in [-0.3, -0.25) is 0 Å². The lowest BCUT2D eigenvalue weighted by Crippen LogP contribution is -1.89. The van der Waals surface area contributed by atoms with Gasteiger partial charge in [0.1, 0.15) is 11.3 Å². The first kappa shape index (κ1) is 19.0. The Morgan fingerprint density at radius 2 is 1.48 bits per heavy atom. The summed E-state index contributed by atoms with van der Waals surface area (Å²) >= 11 is 3.73. The van der Waals surface area contributed by atoms with Crippen LogP contribution in [0.5, 0.6) is 0 Å². The molecular weight excluding hydrogens is 418 g/mol. The number of thiophene rings is 2. The van der Waals surface area contributed by atoms with Crippen LogP contribution in [-0.4, -0.2) is 4.98 Å². The molecule has 6 aromatic rings. The number of nitrogens with zero attached hydrogens (tertiary/aromatic N) is 1. The van der Waals surface area contributed by atoms with Crippen molar-refractivity contribution in [2.24, 2.45) is 0 Å². The van der Waals surface area contributed by atoms with Crippen molar-refractivity contribution in [1.29, 1.82) is 0 Å². The number of fused-ring (bicyclic) bond motifs is 6. The molecule has 0 bridgehead atoms. The monoisotopic (exact) mass is 441 g/mol. The van der Waals surface area contributed by atoms with E-state index in [4.69, 9.17) is 9.40 Å². The molecule has 0 amide bonds. The van der Waals surface area contributed by atoms with Gasteiger partial charge in [0, 0.05) is 26.1 Å². The number of pyridine rings is 1. The summed E-state index contributed by atoms with van der Waals surface area (Å²) in [6.07, 6.45) is 0. The number of rotatable bonds is 1. The molecule has 0 N–H and O–H groups in total. The molecule has 0 unspecified atom stereocenters. The molecule has 0 radical (unpaired) electrons. The zero-order chi connectivity index (χ0) is 21.6. The highest BCUT2D eigenvalue weighted by Crippen LogP contribution is 2.47. The smallest absolute Gasteiger partial charge is 0.144 e. The van der Waals surface area contributed by atoms with E-state index in [2.05, 4.69) is 71.9 Å². The minimum Gasteiger partial charge on any atom is -0.460 e. The van der Waals surface area contributed by atoms with E-state index in [1.807, 2.05) is 22.7 Å². The molecule has 4 heterocycles. The number of hydrogen-bond acceptors (Lipinski definition) is 4. The van der Waals surface area contributed by atoms with Crippen LogP contribution in [0.1, 0.15) is 32.2 Å². The Bertz CT molecular complexity index is 1690. The number of aryl methyl sites for hydroxylation is 6. The first-order valence-electron chi connectivity index (χ1n) is 10.6. The number of furan rings is 1. The average molecular weight is 442 g/mol. The lowest BCUT2D eigenvalue weighted by atomic mass is 9.97. The second kappa shape index (κ2) is 6.41. The molecule has 0 spiro atoms. The maximum atomic E-state index is 6.39. The van der Waals surface area contributed by atoms with Gasteiger partial charge < -0.3 is 4.42 Å². The van der Waals surface area contributed by atoms with Crippen molar-refractivity contribution in [3.8, 4) is 11.3 Å². The van der Waals surface area contributed by atoms with Gasteiger partial charge in [-0.25, -0.2) is 4.98 Å². The quantitative estimate of drug-likeness (QED) is 0.254. The van der Waals surface area contributed by atoms with E-state index in [9.17, 15) is 0 Å². The third-order valence-electron chi connectivity index (χ3n) is 6.82. The molecule has 0 aliphatic heterocycles. The third kappa shape index (κ3) is 2.46. The molecule has 31 heavy (non-hydrogen) atoms. The van der Waals surface area contributed by atoms with E-state index >= 15 is 0 Å². The van der Waals surface area contributed by atoms with Gasteiger partial charge in [-0.1, -0.05) is 24.3 Å². The maximum Gasteiger partial charge on any atom is 0.144 e. The highest BCUT2D eigenvalue weighted by molar-refractivity contribution is 7.23. The fourth-order valence-electron chi connectivity index (χ4n) is 4.72. The zero-order valence-corrected chi connectivity index (χ0v) is 20.2. The molecule has 0 fully saturated rings. The molecule has 0 aliphatic rings. The molecule has 154 valence electrons. The predicted octanol–water partition coefficient (Wildman–Crippen LogP) is 8.93. The fraction of sp³-hybridized carbons (Fsp3) is 0.222. The Kier molecular flexibility index (Phi) is 3.93. The van der Waals surface area contributed by atoms with Crippen molar-refractivity contribution in [2.75, 3.05) is 0 Å². The van der Waals surface area contributed by atoms with Crippen molar-refractivity contribution >= 4 is 64.7 Å². The van der Waals surface area contributed by atoms with Crippen LogP contribution in [0.4, 0.5) is 0 Å². The van der Waals surface area contributed by atoms with Gasteiger partial charge in [-0.15, -0.1) is 22.7 Å². The van der Waals surface area contributed by atoms with Crippen LogP contribution in [0.3, 0.4) is 0 Å². The standard InChI is InChI=1S/C27H23NOS2/c1-12-15(4)29-25-20(11-18-9-7-8-10-19(18)21(12)25)24-27-22(13(2)16(5)30-27)26-23(28-24)14(3)17(6)31-26/h7-11H,1-6H3. The lowest BCUT2D eigenvalue weighted by molar-refractivity contribution is 0.576. The third-order valence-corrected chi connectivity index (χ3v) is 9.25. The summed E-state index contributed by atoms with van der Waals surface area (Å²) in [6, 6.07) is 10.9. The minimum atomic E-state index is 0.954. The number of aromatic nitrogens is 1. The van der Waals surface area contributed by atoms with E-state index in [-0.39, 0.29) is 0 Å². The second-order valence-corrected chi connectivity index (χ2v) is 11.0. The van der Waals surface area contributed by atoms with Crippen molar-refractivity contribution in [1.82, 2.24) is 4.98 Å². The van der Waals surface area contributed by atoms with Crippen LogP contribution in [0.15, 0.2) is 34.7 Å². The summed E-state index contributed by atoms with van der Waals surface area (Å²) < 4.78 is 8.98. The molecule has 2 aromatic carbocycles. The van der Waals surface area contributed by atoms with Crippen molar-refractivity contribution in [3.63, 3.8) is 0 Å². The van der Waals surface area contributed by atoms with Crippen LogP contribution in [0, 0.1) is 41.5 Å². The van der Waals surface area contributed by atoms with Gasteiger partial charge in [0.15, 0.2) is 0 Å². The van der Waals surface area contributed by atoms with E-state index in [1.165, 1.54) is 57.4 Å². The highest BCUT2D eigenvalue weighted by atomic mass is 32.1. The van der Waals surface area contributed by atoms with Gasteiger partial charge in [0.2, 0.25) is 0 Å². The molecular formula is C27H23NOS2. The van der Waals surface area contributed by atoms with Crippen LogP contribution in [0.2, 0.25) is 0 Å². The van der Waals surface area contributed by atoms with Crippen molar-refractivity contribution in [2.45, 2.75) is 41.5 Å². The van der Waals surface area contributed by atoms with Gasteiger partial charge in [-0.05, 0) is 75.1 Å². The van der Waals surface area contributed by atoms with Gasteiger partial charge >= 0.3 is 0 Å². The SMILES string of the molecule is Cc1oc2c(-c3nc4c(C)c(C)sc4c4c(C)c(C)sc34)cc3ccccc3c2c1C. The Hall–Kier alpha value is -2.69. The molecule has 0 saturated carbocycles. The summed E-state index contributed by atoms with van der Waals surface area (Å²) in [5.74, 6) is 0.978. The Labute approximate surface area is 189 Å². The zero-order valence-electron chi connectivity index (χ0n) is 18.6. The van der Waals surface area contributed by atoms with Crippen molar-refractivity contribution < 1.29 is 4.42 Å². The normalized spacial score (nSPS) is 12.2. The summed E-state index contributed by atoms with van der Waals surface area (Å²) in [5, 5.41) is 5.05. The Balaban J connectivity index is 1.87. The summed E-state index contributed by atoms with van der Waals surface area (Å²) in [7, 11) is 0. The van der Waals surface area contributed by atoms with Crippen molar-refractivity contribution in [3.05, 3.63) is 62.5 Å². The number of hydrogen-bond donors (Lipinski definition) is 0. The molecule has 4 aromatic heterocycles. The van der Waals surface area contributed by atoms with E-state index in [0.29, 0.717) is 0 Å². The van der Waals surface area contributed by atoms with E-state index in [0.717, 1.165) is 28.1 Å². The average Bonchev–Trinajstić information content (AvgIpc) is 3.33. The van der Waals surface area contributed by atoms with E-state index in [1.54, 1.807) is 0 Å². The topological polar surface area (TPSA) is 26.0 Å². The molecule has 6 rings (SSSR count). The lowest BCUT2D eigenvalue weighted by Gasteiger charge is -2.09. The Morgan fingerprint density at radius 1 is 0.774 bits per heavy atom. The molecule has 0 atom stereocenters. The van der Waals surface area contributed by atoms with Gasteiger partial charge in [-0.2, -0.15) is 0 Å². The Morgan fingerprint density at radius 3 is 2.29 bits per heavy atom. The fourth-order valence-corrected chi connectivity index (χ4v) is 7.16. The van der Waals surface area contributed by atoms with Gasteiger partial charge in [0.05, 0.1) is 20.6 Å². The van der Waals surface area contributed by atoms with Crippen LogP contribution in [0.25, 0.3) is 53.3 Å². The van der Waals surface area contributed by atoms with Crippen LogP contribution >= 0.6 is 22.7 Å². The molecule has 0 aliphatic carbocycles. The van der Waals surface area contributed by atoms with Gasteiger partial charge in [0.25, 0.3) is 0 Å². The summed E-state index contributed by atoms with van der Waals surface area (Å²) in [5.41, 5.74) is 8.11. The molecule has 2 nitrogen and oxygen atoms in total. The first-order chi connectivity index (χ1) is 14.9. The minimum absolute atomic E-state index is 0.954. The first-order valence-corrected chi connectivity index (χ1v) is 12.2. The molecule has 0 saturated heterocycles. The summed E-state index contributed by atoms with van der Waals surface area (Å²) in [6.45, 7) is 13.1. The van der Waals surface area contributed by atoms with Crippen LogP contribution in [-0.2, 0) is 0 Å². The van der Waals surface area contributed by atoms with E-state index < -0.39 is 0 Å². The maximum absolute atomic E-state index is 6.39. The summed E-state index contributed by atoms with van der Waals surface area (Å²) in [4.78, 5) is 8.01.